The van der Waals surface area contributed by atoms with Crippen molar-refractivity contribution in [1.29, 1.82) is 0 Å². The summed E-state index contributed by atoms with van der Waals surface area (Å²) in [6.45, 7) is -0.0744. The molecule has 34 heavy (non-hydrogen) atoms. The Morgan fingerprint density at radius 3 is 2.53 bits per heavy atom. The van der Waals surface area contributed by atoms with Crippen LogP contribution in [0, 0.1) is 11.6 Å². The Morgan fingerprint density at radius 2 is 1.82 bits per heavy atom. The largest absolute Gasteiger partial charge is 0.503 e. The zero-order valence-electron chi connectivity index (χ0n) is 18.5. The first-order valence-corrected chi connectivity index (χ1v) is 12.0. The second-order valence-electron chi connectivity index (χ2n) is 9.22. The Hall–Kier alpha value is -2.72. The van der Waals surface area contributed by atoms with Crippen LogP contribution in [0.5, 0.6) is 5.75 Å². The van der Waals surface area contributed by atoms with Crippen LogP contribution < -0.4 is 15.1 Å². The highest BCUT2D eigenvalue weighted by molar-refractivity contribution is 6.34. The van der Waals surface area contributed by atoms with Crippen molar-refractivity contribution in [2.24, 2.45) is 0 Å². The third kappa shape index (κ3) is 4.13. The molecule has 2 amide bonds. The van der Waals surface area contributed by atoms with Crippen molar-refractivity contribution in [1.82, 2.24) is 9.97 Å². The Bertz CT molecular complexity index is 1110. The topological polar surface area (TPSA) is 102 Å². The predicted octanol–water partition coefficient (Wildman–Crippen LogP) is 4.72. The average Bonchev–Trinajstić information content (AvgIpc) is 3.34. The highest BCUT2D eigenvalue weighted by Gasteiger charge is 2.40. The second kappa shape index (κ2) is 9.14. The van der Waals surface area contributed by atoms with Crippen LogP contribution >= 0.6 is 11.6 Å². The van der Waals surface area contributed by atoms with E-state index in [2.05, 4.69) is 15.3 Å². The predicted molar refractivity (Wildman–Crippen MR) is 123 cm³/mol. The van der Waals surface area contributed by atoms with Gasteiger partial charge in [0.15, 0.2) is 17.4 Å². The normalized spacial score (nSPS) is 23.4. The lowest BCUT2D eigenvalue weighted by Crippen LogP contribution is -2.52. The number of halogens is 3. The molecule has 0 spiro atoms. The minimum absolute atomic E-state index is 0.0744. The third-order valence-corrected chi connectivity index (χ3v) is 7.23. The van der Waals surface area contributed by atoms with Crippen molar-refractivity contribution in [2.75, 3.05) is 15.1 Å². The van der Waals surface area contributed by atoms with Crippen LogP contribution in [0.15, 0.2) is 12.3 Å². The molecule has 1 aliphatic heterocycles. The molecule has 3 aliphatic rings. The summed E-state index contributed by atoms with van der Waals surface area (Å²) in [7, 11) is 0. The molecule has 182 valence electrons. The van der Waals surface area contributed by atoms with Gasteiger partial charge in [0.05, 0.1) is 17.7 Å². The number of nitrogens with one attached hydrogen (secondary N) is 1. The Balaban J connectivity index is 1.51. The summed E-state index contributed by atoms with van der Waals surface area (Å²) in [5.41, 5.74) is 0.220. The van der Waals surface area contributed by atoms with E-state index in [9.17, 15) is 23.8 Å². The monoisotopic (exact) mass is 493 g/mol. The number of anilines is 3. The number of aromatic hydroxyl groups is 1. The highest BCUT2D eigenvalue weighted by Crippen LogP contribution is 2.42. The number of aliphatic hydroxyl groups is 1. The van der Waals surface area contributed by atoms with Crippen molar-refractivity contribution in [3.63, 3.8) is 0 Å². The van der Waals surface area contributed by atoms with Crippen LogP contribution in [-0.4, -0.2) is 44.4 Å². The standard InChI is InChI=1S/C23H26ClF2N5O3/c24-16-9-17(25)20(33)18(26)19(16)30-11-12-10-27-22(28-13-5-7-15(32)8-6-13)29-21(12)31(23(30)34)14-3-1-2-4-14/h9-10,13-15,32-33H,1-8,11H2,(H,27,28,29). The van der Waals surface area contributed by atoms with Crippen LogP contribution in [-0.2, 0) is 6.54 Å². The maximum atomic E-state index is 14.9. The molecule has 2 aliphatic carbocycles. The van der Waals surface area contributed by atoms with Gasteiger partial charge in [0.2, 0.25) is 5.95 Å². The number of aliphatic hydroxyl groups excluding tert-OH is 1. The molecule has 0 radical (unpaired) electrons. The second-order valence-corrected chi connectivity index (χ2v) is 9.63. The molecule has 5 rings (SSSR count). The van der Waals surface area contributed by atoms with Gasteiger partial charge >= 0.3 is 6.03 Å². The average molecular weight is 494 g/mol. The van der Waals surface area contributed by atoms with Gasteiger partial charge in [-0.1, -0.05) is 24.4 Å². The lowest BCUT2D eigenvalue weighted by atomic mass is 9.93. The van der Waals surface area contributed by atoms with Gasteiger partial charge in [0.1, 0.15) is 11.5 Å². The van der Waals surface area contributed by atoms with Gasteiger partial charge in [-0.15, -0.1) is 0 Å². The van der Waals surface area contributed by atoms with E-state index in [1.165, 1.54) is 0 Å². The third-order valence-electron chi connectivity index (χ3n) is 6.95. The molecule has 8 nitrogen and oxygen atoms in total. The number of carbonyl (C=O) groups is 1. The number of hydrogen-bond donors (Lipinski definition) is 3. The number of fused-ring (bicyclic) bond motifs is 1. The first-order valence-electron chi connectivity index (χ1n) is 11.6. The van der Waals surface area contributed by atoms with E-state index in [0.717, 1.165) is 49.5 Å². The number of phenols is 1. The number of benzene rings is 1. The number of carbonyl (C=O) groups excluding carboxylic acids is 1. The maximum absolute atomic E-state index is 14.9. The molecule has 0 bridgehead atoms. The van der Waals surface area contributed by atoms with Gasteiger partial charge in [0.25, 0.3) is 0 Å². The SMILES string of the molecule is O=C1N(c2c(Cl)cc(F)c(O)c2F)Cc2cnc(NC3CCC(O)CC3)nc2N1C1CCCC1. The van der Waals surface area contributed by atoms with Crippen LogP contribution in [0.3, 0.4) is 0 Å². The first-order chi connectivity index (χ1) is 16.3. The summed E-state index contributed by atoms with van der Waals surface area (Å²) in [6, 6.07) is 0.268. The van der Waals surface area contributed by atoms with Crippen molar-refractivity contribution in [3.05, 3.63) is 34.5 Å². The lowest BCUT2D eigenvalue weighted by molar-refractivity contribution is 0.126. The van der Waals surface area contributed by atoms with E-state index in [4.69, 9.17) is 11.6 Å². The number of urea groups is 1. The molecular formula is C23H26ClF2N5O3. The van der Waals surface area contributed by atoms with E-state index >= 15 is 0 Å². The van der Waals surface area contributed by atoms with Crippen molar-refractivity contribution < 1.29 is 23.8 Å². The summed E-state index contributed by atoms with van der Waals surface area (Å²) in [5.74, 6) is -2.80. The molecule has 3 N–H and O–H groups in total. The smallest absolute Gasteiger partial charge is 0.330 e. The minimum Gasteiger partial charge on any atom is -0.503 e. The summed E-state index contributed by atoms with van der Waals surface area (Å²) in [4.78, 5) is 25.4. The summed E-state index contributed by atoms with van der Waals surface area (Å²) >= 11 is 6.12. The maximum Gasteiger partial charge on any atom is 0.330 e. The van der Waals surface area contributed by atoms with Gasteiger partial charge in [-0.2, -0.15) is 4.98 Å². The van der Waals surface area contributed by atoms with Gasteiger partial charge in [-0.3, -0.25) is 9.80 Å². The fourth-order valence-electron chi connectivity index (χ4n) is 5.13. The van der Waals surface area contributed by atoms with Crippen LogP contribution in [0.4, 0.5) is 31.0 Å². The van der Waals surface area contributed by atoms with E-state index < -0.39 is 23.4 Å². The first kappa shape index (κ1) is 23.0. The number of nitrogens with zero attached hydrogens (tertiary/aromatic N) is 4. The molecular weight excluding hydrogens is 468 g/mol. The molecule has 0 saturated heterocycles. The Morgan fingerprint density at radius 1 is 1.12 bits per heavy atom. The molecule has 2 saturated carbocycles. The number of amides is 2. The van der Waals surface area contributed by atoms with Gasteiger partial charge in [0, 0.05) is 23.8 Å². The molecule has 2 aromatic rings. The minimum atomic E-state index is -1.29. The molecule has 2 heterocycles. The van der Waals surface area contributed by atoms with E-state index in [0.29, 0.717) is 30.2 Å². The van der Waals surface area contributed by atoms with Crippen LogP contribution in [0.25, 0.3) is 0 Å². The molecule has 0 unspecified atom stereocenters. The molecule has 11 heteroatoms. The summed E-state index contributed by atoms with van der Waals surface area (Å²) in [6.07, 6.45) is 7.80. The zero-order valence-corrected chi connectivity index (χ0v) is 19.2. The van der Waals surface area contributed by atoms with Gasteiger partial charge < -0.3 is 15.5 Å². The van der Waals surface area contributed by atoms with E-state index in [1.807, 2.05) is 0 Å². The number of phenolic OH excluding ortho intramolecular Hbond substituents is 1. The molecule has 1 aromatic heterocycles. The van der Waals surface area contributed by atoms with E-state index in [-0.39, 0.29) is 35.4 Å². The van der Waals surface area contributed by atoms with Crippen LogP contribution in [0.1, 0.15) is 56.9 Å². The van der Waals surface area contributed by atoms with Crippen molar-refractivity contribution >= 4 is 35.1 Å². The molecule has 2 fully saturated rings. The number of aromatic nitrogens is 2. The van der Waals surface area contributed by atoms with Gasteiger partial charge in [-0.25, -0.2) is 18.6 Å². The fraction of sp³-hybridized carbons (Fsp3) is 0.522. The van der Waals surface area contributed by atoms with Crippen molar-refractivity contribution in [2.45, 2.75) is 76.1 Å². The molecule has 1 aromatic carbocycles. The lowest BCUT2D eigenvalue weighted by Gasteiger charge is -2.39. The number of hydrogen-bond acceptors (Lipinski definition) is 6. The highest BCUT2D eigenvalue weighted by atomic mass is 35.5. The van der Waals surface area contributed by atoms with Gasteiger partial charge in [-0.05, 0) is 44.6 Å². The zero-order chi connectivity index (χ0) is 24.0. The van der Waals surface area contributed by atoms with Crippen molar-refractivity contribution in [3.8, 4) is 5.75 Å². The summed E-state index contributed by atoms with van der Waals surface area (Å²) in [5, 5.41) is 22.5. The van der Waals surface area contributed by atoms with E-state index in [1.54, 1.807) is 11.1 Å². The fourth-order valence-corrected chi connectivity index (χ4v) is 5.41. The Kier molecular flexibility index (Phi) is 6.20. The Labute approximate surface area is 200 Å². The van der Waals surface area contributed by atoms with Crippen LogP contribution in [0.2, 0.25) is 5.02 Å². The quantitative estimate of drug-likeness (QED) is 0.569. The molecule has 0 atom stereocenters. The summed E-state index contributed by atoms with van der Waals surface area (Å²) < 4.78 is 28.6. The number of rotatable bonds is 4.